The van der Waals surface area contributed by atoms with Gasteiger partial charge in [-0.3, -0.25) is 19.2 Å². The predicted octanol–water partition coefficient (Wildman–Crippen LogP) is -0.920. The van der Waals surface area contributed by atoms with Crippen molar-refractivity contribution >= 4 is 23.6 Å². The monoisotopic (exact) mass is 405 g/mol. The van der Waals surface area contributed by atoms with E-state index in [0.29, 0.717) is 6.54 Å². The van der Waals surface area contributed by atoms with E-state index >= 15 is 0 Å². The molecule has 0 aliphatic rings. The molecule has 0 bridgehead atoms. The normalized spacial score (nSPS) is 11.4. The van der Waals surface area contributed by atoms with Crippen molar-refractivity contribution in [1.29, 1.82) is 0 Å². The highest BCUT2D eigenvalue weighted by Gasteiger charge is 2.22. The molecule has 1 unspecified atom stereocenters. The zero-order valence-electron chi connectivity index (χ0n) is 17.2. The van der Waals surface area contributed by atoms with Crippen molar-refractivity contribution in [2.75, 3.05) is 26.2 Å². The van der Waals surface area contributed by atoms with Gasteiger partial charge in [0, 0.05) is 12.5 Å². The standard InChI is InChI=1S/C20H31N5O4/c1-4-21-11-17(26)22-12-19(28)25-16(10-15-8-6-5-7-9-15)20(29)23-13-18(27)24-14(2)3/h5-9,14,16,21H,4,10-13H2,1-3H3,(H,22,26)(H,23,29)(H,24,27)(H,25,28). The largest absolute Gasteiger partial charge is 0.352 e. The average Bonchev–Trinajstić information content (AvgIpc) is 2.68. The van der Waals surface area contributed by atoms with Crippen LogP contribution in [0, 0.1) is 0 Å². The van der Waals surface area contributed by atoms with Crippen LogP contribution in [0.25, 0.3) is 0 Å². The predicted molar refractivity (Wildman–Crippen MR) is 110 cm³/mol. The molecular weight excluding hydrogens is 374 g/mol. The Labute approximate surface area is 171 Å². The van der Waals surface area contributed by atoms with Gasteiger partial charge in [0.25, 0.3) is 0 Å². The number of amides is 4. The SMILES string of the molecule is CCNCC(=O)NCC(=O)NC(Cc1ccccc1)C(=O)NCC(=O)NC(C)C. The number of hydrogen-bond donors (Lipinski definition) is 5. The van der Waals surface area contributed by atoms with Crippen LogP contribution in [0.2, 0.25) is 0 Å². The number of rotatable bonds is 12. The van der Waals surface area contributed by atoms with Gasteiger partial charge in [-0.2, -0.15) is 0 Å². The third-order valence-electron chi connectivity index (χ3n) is 3.79. The Morgan fingerprint density at radius 1 is 0.828 bits per heavy atom. The van der Waals surface area contributed by atoms with E-state index in [1.807, 2.05) is 51.1 Å². The summed E-state index contributed by atoms with van der Waals surface area (Å²) in [5, 5.41) is 13.2. The minimum atomic E-state index is -0.873. The van der Waals surface area contributed by atoms with E-state index in [9.17, 15) is 19.2 Å². The molecule has 1 rings (SSSR count). The Hall–Kier alpha value is -2.94. The Morgan fingerprint density at radius 3 is 2.07 bits per heavy atom. The molecule has 0 spiro atoms. The van der Waals surface area contributed by atoms with Gasteiger partial charge in [0.1, 0.15) is 6.04 Å². The minimum absolute atomic E-state index is 0.0370. The molecule has 0 aliphatic heterocycles. The second-order valence-corrected chi connectivity index (χ2v) is 6.81. The summed E-state index contributed by atoms with van der Waals surface area (Å²) in [4.78, 5) is 48.1. The van der Waals surface area contributed by atoms with E-state index in [2.05, 4.69) is 26.6 Å². The van der Waals surface area contributed by atoms with Gasteiger partial charge in [-0.05, 0) is 26.0 Å². The summed E-state index contributed by atoms with van der Waals surface area (Å²) in [6.45, 7) is 5.85. The Morgan fingerprint density at radius 2 is 1.45 bits per heavy atom. The van der Waals surface area contributed by atoms with E-state index in [-0.39, 0.29) is 43.9 Å². The van der Waals surface area contributed by atoms with Crippen molar-refractivity contribution in [1.82, 2.24) is 26.6 Å². The van der Waals surface area contributed by atoms with E-state index in [1.165, 1.54) is 0 Å². The van der Waals surface area contributed by atoms with E-state index in [0.717, 1.165) is 5.56 Å². The maximum absolute atomic E-state index is 12.5. The summed E-state index contributed by atoms with van der Waals surface area (Å²) in [5.74, 6) is -1.58. The van der Waals surface area contributed by atoms with Crippen molar-refractivity contribution in [2.45, 2.75) is 39.3 Å². The summed E-state index contributed by atoms with van der Waals surface area (Å²) >= 11 is 0. The number of benzene rings is 1. The van der Waals surface area contributed by atoms with Gasteiger partial charge in [0.2, 0.25) is 23.6 Å². The molecule has 0 fully saturated rings. The molecule has 0 aliphatic carbocycles. The van der Waals surface area contributed by atoms with Crippen LogP contribution in [0.3, 0.4) is 0 Å². The third-order valence-corrected chi connectivity index (χ3v) is 3.79. The minimum Gasteiger partial charge on any atom is -0.352 e. The van der Waals surface area contributed by atoms with Crippen molar-refractivity contribution in [3.05, 3.63) is 35.9 Å². The molecule has 1 atom stereocenters. The lowest BCUT2D eigenvalue weighted by molar-refractivity contribution is -0.130. The Balaban J connectivity index is 2.65. The second kappa shape index (κ2) is 13.3. The second-order valence-electron chi connectivity index (χ2n) is 6.81. The van der Waals surface area contributed by atoms with Gasteiger partial charge in [-0.15, -0.1) is 0 Å². The molecule has 29 heavy (non-hydrogen) atoms. The average molecular weight is 405 g/mol. The number of likely N-dealkylation sites (N-methyl/N-ethyl adjacent to an activating group) is 1. The number of hydrogen-bond acceptors (Lipinski definition) is 5. The van der Waals surface area contributed by atoms with Crippen LogP contribution in [0.4, 0.5) is 0 Å². The summed E-state index contributed by atoms with van der Waals surface area (Å²) in [5.41, 5.74) is 0.857. The van der Waals surface area contributed by atoms with Crippen LogP contribution >= 0.6 is 0 Å². The fourth-order valence-corrected chi connectivity index (χ4v) is 2.45. The van der Waals surface area contributed by atoms with Gasteiger partial charge in [0.15, 0.2) is 0 Å². The maximum atomic E-state index is 12.5. The highest BCUT2D eigenvalue weighted by Crippen LogP contribution is 2.03. The van der Waals surface area contributed by atoms with Crippen molar-refractivity contribution < 1.29 is 19.2 Å². The van der Waals surface area contributed by atoms with Gasteiger partial charge in [-0.1, -0.05) is 37.3 Å². The molecule has 160 valence electrons. The molecule has 1 aromatic carbocycles. The van der Waals surface area contributed by atoms with Crippen LogP contribution in [0.5, 0.6) is 0 Å². The summed E-state index contributed by atoms with van der Waals surface area (Å²) in [7, 11) is 0. The summed E-state index contributed by atoms with van der Waals surface area (Å²) < 4.78 is 0. The van der Waals surface area contributed by atoms with Gasteiger partial charge in [-0.25, -0.2) is 0 Å². The van der Waals surface area contributed by atoms with Crippen LogP contribution in [-0.2, 0) is 25.6 Å². The lowest BCUT2D eigenvalue weighted by atomic mass is 10.1. The fraction of sp³-hybridized carbons (Fsp3) is 0.500. The topological polar surface area (TPSA) is 128 Å². The third kappa shape index (κ3) is 10.8. The molecule has 0 aromatic heterocycles. The molecule has 5 N–H and O–H groups in total. The molecule has 0 saturated heterocycles. The highest BCUT2D eigenvalue weighted by atomic mass is 16.2. The summed E-state index contributed by atoms with van der Waals surface area (Å²) in [6, 6.07) is 8.30. The molecule has 0 radical (unpaired) electrons. The Kier molecular flexibility index (Phi) is 11.0. The first-order valence-electron chi connectivity index (χ1n) is 9.69. The molecule has 9 heteroatoms. The van der Waals surface area contributed by atoms with Crippen molar-refractivity contribution in [3.8, 4) is 0 Å². The number of carbonyl (C=O) groups excluding carboxylic acids is 4. The molecule has 1 aromatic rings. The zero-order chi connectivity index (χ0) is 21.6. The van der Waals surface area contributed by atoms with Crippen molar-refractivity contribution in [3.63, 3.8) is 0 Å². The van der Waals surface area contributed by atoms with E-state index in [4.69, 9.17) is 0 Å². The molecule has 0 heterocycles. The quantitative estimate of drug-likeness (QED) is 0.307. The van der Waals surface area contributed by atoms with Gasteiger partial charge < -0.3 is 26.6 Å². The smallest absolute Gasteiger partial charge is 0.243 e. The van der Waals surface area contributed by atoms with Gasteiger partial charge in [0.05, 0.1) is 19.6 Å². The Bertz CT molecular complexity index is 679. The molecule has 9 nitrogen and oxygen atoms in total. The van der Waals surface area contributed by atoms with Crippen molar-refractivity contribution in [2.24, 2.45) is 0 Å². The first-order chi connectivity index (χ1) is 13.8. The molecule has 4 amide bonds. The van der Waals surface area contributed by atoms with Crippen LogP contribution in [0.1, 0.15) is 26.3 Å². The van der Waals surface area contributed by atoms with E-state index < -0.39 is 17.9 Å². The van der Waals surface area contributed by atoms with E-state index in [1.54, 1.807) is 0 Å². The molecular formula is C20H31N5O4. The van der Waals surface area contributed by atoms with Crippen LogP contribution < -0.4 is 26.6 Å². The summed E-state index contributed by atoms with van der Waals surface area (Å²) in [6.07, 6.45) is 0.259. The zero-order valence-corrected chi connectivity index (χ0v) is 17.2. The first-order valence-corrected chi connectivity index (χ1v) is 9.69. The fourth-order valence-electron chi connectivity index (χ4n) is 2.45. The lowest BCUT2D eigenvalue weighted by Crippen LogP contribution is -2.52. The van der Waals surface area contributed by atoms with Crippen LogP contribution in [0.15, 0.2) is 30.3 Å². The van der Waals surface area contributed by atoms with Crippen LogP contribution in [-0.4, -0.2) is 61.9 Å². The molecule has 0 saturated carbocycles. The lowest BCUT2D eigenvalue weighted by Gasteiger charge is -2.19. The number of carbonyl (C=O) groups is 4. The maximum Gasteiger partial charge on any atom is 0.243 e. The highest BCUT2D eigenvalue weighted by molar-refractivity contribution is 5.92. The first kappa shape index (κ1) is 24.1. The number of nitrogens with one attached hydrogen (secondary N) is 5. The van der Waals surface area contributed by atoms with Gasteiger partial charge >= 0.3 is 0 Å².